The van der Waals surface area contributed by atoms with Crippen molar-refractivity contribution in [1.82, 2.24) is 0 Å². The minimum atomic E-state index is -0.306. The van der Waals surface area contributed by atoms with Gasteiger partial charge in [-0.2, -0.15) is 0 Å². The first-order valence-corrected chi connectivity index (χ1v) is 7.49. The van der Waals surface area contributed by atoms with Crippen molar-refractivity contribution in [2.75, 3.05) is 13.2 Å². The molecule has 4 nitrogen and oxygen atoms in total. The summed E-state index contributed by atoms with van der Waals surface area (Å²) < 4.78 is 10.3. The van der Waals surface area contributed by atoms with Crippen LogP contribution >= 0.6 is 0 Å². The van der Waals surface area contributed by atoms with Crippen LogP contribution in [-0.2, 0) is 16.0 Å². The number of ether oxygens (including phenoxy) is 2. The first-order valence-electron chi connectivity index (χ1n) is 7.49. The van der Waals surface area contributed by atoms with Crippen LogP contribution in [0.1, 0.15) is 35.3 Å². The molecular formula is C19H20O4. The van der Waals surface area contributed by atoms with E-state index in [0.717, 1.165) is 28.9 Å². The highest BCUT2D eigenvalue weighted by molar-refractivity contribution is 5.94. The minimum absolute atomic E-state index is 0.0757. The van der Waals surface area contributed by atoms with E-state index in [9.17, 15) is 9.59 Å². The van der Waals surface area contributed by atoms with Gasteiger partial charge in [0.05, 0.1) is 0 Å². The number of benzene rings is 2. The summed E-state index contributed by atoms with van der Waals surface area (Å²) in [5.74, 6) is 0.513. The predicted octanol–water partition coefficient (Wildman–Crippen LogP) is 3.42. The zero-order chi connectivity index (χ0) is 16.7. The van der Waals surface area contributed by atoms with Crippen LogP contribution < -0.4 is 4.74 Å². The van der Waals surface area contributed by atoms with Gasteiger partial charge in [0.25, 0.3) is 0 Å². The number of esters is 1. The topological polar surface area (TPSA) is 52.6 Å². The molecule has 0 saturated carbocycles. The molecule has 0 spiro atoms. The van der Waals surface area contributed by atoms with Gasteiger partial charge in [0.1, 0.15) is 19.0 Å². The van der Waals surface area contributed by atoms with Gasteiger partial charge in [-0.25, -0.2) is 0 Å². The largest absolute Gasteiger partial charge is 0.490 e. The molecule has 23 heavy (non-hydrogen) atoms. The van der Waals surface area contributed by atoms with Crippen LogP contribution in [0.25, 0.3) is 0 Å². The second-order valence-corrected chi connectivity index (χ2v) is 5.26. The van der Waals surface area contributed by atoms with Gasteiger partial charge in [-0.3, -0.25) is 9.59 Å². The van der Waals surface area contributed by atoms with E-state index in [-0.39, 0.29) is 18.4 Å². The third kappa shape index (κ3) is 5.58. The van der Waals surface area contributed by atoms with Crippen LogP contribution in [0.4, 0.5) is 0 Å². The van der Waals surface area contributed by atoms with Crippen molar-refractivity contribution in [3.63, 3.8) is 0 Å². The first kappa shape index (κ1) is 16.7. The molecule has 0 aliphatic heterocycles. The predicted molar refractivity (Wildman–Crippen MR) is 87.8 cm³/mol. The Bertz CT molecular complexity index is 657. The van der Waals surface area contributed by atoms with Crippen LogP contribution in [0.3, 0.4) is 0 Å². The van der Waals surface area contributed by atoms with Crippen LogP contribution in [-0.4, -0.2) is 25.0 Å². The van der Waals surface area contributed by atoms with E-state index in [4.69, 9.17) is 9.47 Å². The van der Waals surface area contributed by atoms with Crippen LogP contribution in [0, 0.1) is 0 Å². The highest BCUT2D eigenvalue weighted by atomic mass is 16.6. The van der Waals surface area contributed by atoms with E-state index in [0.29, 0.717) is 6.61 Å². The molecule has 0 amide bonds. The molecule has 0 N–H and O–H groups in total. The summed E-state index contributed by atoms with van der Waals surface area (Å²) in [5, 5.41) is 0. The average molecular weight is 312 g/mol. The lowest BCUT2D eigenvalue weighted by molar-refractivity contribution is -0.141. The number of rotatable bonds is 7. The normalized spacial score (nSPS) is 10.2. The van der Waals surface area contributed by atoms with Gasteiger partial charge < -0.3 is 9.47 Å². The zero-order valence-electron chi connectivity index (χ0n) is 13.4. The third-order valence-electron chi connectivity index (χ3n) is 3.35. The SMILES string of the molecule is CC(=O)OCCOc1ccc(Cc2ccc(C(C)=O)cc2)cc1. The second-order valence-electron chi connectivity index (χ2n) is 5.26. The van der Waals surface area contributed by atoms with Crippen molar-refractivity contribution in [3.05, 3.63) is 65.2 Å². The van der Waals surface area contributed by atoms with Crippen molar-refractivity contribution >= 4 is 11.8 Å². The zero-order valence-corrected chi connectivity index (χ0v) is 13.4. The Morgan fingerprint density at radius 3 is 1.91 bits per heavy atom. The molecule has 2 rings (SSSR count). The average Bonchev–Trinajstić information content (AvgIpc) is 2.53. The molecule has 120 valence electrons. The van der Waals surface area contributed by atoms with E-state index < -0.39 is 0 Å². The maximum absolute atomic E-state index is 11.3. The van der Waals surface area contributed by atoms with Crippen molar-refractivity contribution in [3.8, 4) is 5.75 Å². The fourth-order valence-electron chi connectivity index (χ4n) is 2.14. The molecule has 0 saturated heterocycles. The van der Waals surface area contributed by atoms with E-state index >= 15 is 0 Å². The Kier molecular flexibility index (Phi) is 5.92. The van der Waals surface area contributed by atoms with E-state index in [1.54, 1.807) is 6.92 Å². The van der Waals surface area contributed by atoms with Crippen LogP contribution in [0.2, 0.25) is 0 Å². The van der Waals surface area contributed by atoms with Gasteiger partial charge in [0.2, 0.25) is 0 Å². The summed E-state index contributed by atoms with van der Waals surface area (Å²) in [4.78, 5) is 21.9. The number of hydrogen-bond donors (Lipinski definition) is 0. The van der Waals surface area contributed by atoms with Crippen LogP contribution in [0.5, 0.6) is 5.75 Å². The maximum Gasteiger partial charge on any atom is 0.302 e. The molecular weight excluding hydrogens is 292 g/mol. The fraction of sp³-hybridized carbons (Fsp3) is 0.263. The summed E-state index contributed by atoms with van der Waals surface area (Å²) in [6.45, 7) is 3.53. The Labute approximate surface area is 136 Å². The van der Waals surface area contributed by atoms with E-state index in [1.165, 1.54) is 6.92 Å². The number of carbonyl (C=O) groups excluding carboxylic acids is 2. The summed E-state index contributed by atoms with van der Waals surface area (Å²) in [5.41, 5.74) is 3.04. The van der Waals surface area contributed by atoms with Crippen molar-refractivity contribution < 1.29 is 19.1 Å². The lowest BCUT2D eigenvalue weighted by Crippen LogP contribution is -2.09. The Morgan fingerprint density at radius 2 is 1.39 bits per heavy atom. The fourth-order valence-corrected chi connectivity index (χ4v) is 2.14. The molecule has 2 aromatic carbocycles. The van der Waals surface area contributed by atoms with Crippen LogP contribution in [0.15, 0.2) is 48.5 Å². The third-order valence-corrected chi connectivity index (χ3v) is 3.35. The van der Waals surface area contributed by atoms with E-state index in [2.05, 4.69) is 0 Å². The highest BCUT2D eigenvalue weighted by Crippen LogP contribution is 2.16. The van der Waals surface area contributed by atoms with Crippen molar-refractivity contribution in [2.24, 2.45) is 0 Å². The Hall–Kier alpha value is -2.62. The molecule has 4 heteroatoms. The van der Waals surface area contributed by atoms with Gasteiger partial charge in [-0.15, -0.1) is 0 Å². The van der Waals surface area contributed by atoms with Gasteiger partial charge in [0, 0.05) is 12.5 Å². The lowest BCUT2D eigenvalue weighted by atomic mass is 10.0. The molecule has 0 aliphatic rings. The molecule has 0 atom stereocenters. The van der Waals surface area contributed by atoms with Gasteiger partial charge in [0.15, 0.2) is 5.78 Å². The van der Waals surface area contributed by atoms with Crippen molar-refractivity contribution in [1.29, 1.82) is 0 Å². The summed E-state index contributed by atoms with van der Waals surface area (Å²) >= 11 is 0. The van der Waals surface area contributed by atoms with Gasteiger partial charge in [-0.1, -0.05) is 36.4 Å². The quantitative estimate of drug-likeness (QED) is 0.446. The lowest BCUT2D eigenvalue weighted by Gasteiger charge is -2.08. The van der Waals surface area contributed by atoms with E-state index in [1.807, 2.05) is 48.5 Å². The van der Waals surface area contributed by atoms with Gasteiger partial charge >= 0.3 is 5.97 Å². The molecule has 0 radical (unpaired) electrons. The molecule has 0 fully saturated rings. The molecule has 0 heterocycles. The summed E-state index contributed by atoms with van der Waals surface area (Å²) in [6.07, 6.45) is 0.798. The summed E-state index contributed by atoms with van der Waals surface area (Å²) in [7, 11) is 0. The monoisotopic (exact) mass is 312 g/mol. The molecule has 0 aromatic heterocycles. The number of carbonyl (C=O) groups is 2. The molecule has 0 aliphatic carbocycles. The first-order chi connectivity index (χ1) is 11.0. The number of ketones is 1. The highest BCUT2D eigenvalue weighted by Gasteiger charge is 2.01. The molecule has 2 aromatic rings. The smallest absolute Gasteiger partial charge is 0.302 e. The number of hydrogen-bond acceptors (Lipinski definition) is 4. The molecule has 0 bridgehead atoms. The maximum atomic E-state index is 11.3. The van der Waals surface area contributed by atoms with Crippen molar-refractivity contribution in [2.45, 2.75) is 20.3 Å². The summed E-state index contributed by atoms with van der Waals surface area (Å²) in [6, 6.07) is 15.4. The van der Waals surface area contributed by atoms with Gasteiger partial charge in [-0.05, 0) is 36.6 Å². The minimum Gasteiger partial charge on any atom is -0.490 e. The second kappa shape index (κ2) is 8.13. The molecule has 0 unspecified atom stereocenters. The Balaban J connectivity index is 1.87. The number of Topliss-reactive ketones (excluding diaryl/α,β-unsaturated/α-hetero) is 1. The standard InChI is InChI=1S/C19H20O4/c1-14(20)18-7-3-16(4-8-18)13-17-5-9-19(10-6-17)23-12-11-22-15(2)21/h3-10H,11-13H2,1-2H3. The Morgan fingerprint density at radius 1 is 0.826 bits per heavy atom.